The molecular weight excluding hydrogens is 409 g/mol. The van der Waals surface area contributed by atoms with Crippen molar-refractivity contribution in [2.45, 2.75) is 24.3 Å². The first-order valence-electron chi connectivity index (χ1n) is 7.34. The highest BCUT2D eigenvalue weighted by Crippen LogP contribution is 2.58. The summed E-state index contributed by atoms with van der Waals surface area (Å²) in [4.78, 5) is 50.7. The lowest BCUT2D eigenvalue weighted by Crippen LogP contribution is -2.43. The molecule has 0 radical (unpaired) electrons. The first kappa shape index (κ1) is 18.1. The van der Waals surface area contributed by atoms with Crippen LogP contribution < -0.4 is 11.2 Å². The first-order chi connectivity index (χ1) is 12.5. The van der Waals surface area contributed by atoms with Crippen molar-refractivity contribution in [2.75, 3.05) is 6.56 Å². The van der Waals surface area contributed by atoms with Crippen molar-refractivity contribution < 1.29 is 54.7 Å². The molecule has 0 amide bonds. The van der Waals surface area contributed by atoms with Gasteiger partial charge < -0.3 is 29.6 Å². The van der Waals surface area contributed by atoms with Gasteiger partial charge in [0.15, 0.2) is 6.23 Å². The molecule has 148 valence electrons. The quantitative estimate of drug-likeness (QED) is 0.265. The zero-order valence-corrected chi connectivity index (χ0v) is 14.0. The van der Waals surface area contributed by atoms with E-state index in [1.165, 1.54) is 0 Å². The van der Waals surface area contributed by atoms with Crippen LogP contribution in [0.15, 0.2) is 21.9 Å². The van der Waals surface area contributed by atoms with Gasteiger partial charge in [0.1, 0.15) is 18.8 Å². The second kappa shape index (κ2) is 7.05. The summed E-state index contributed by atoms with van der Waals surface area (Å²) >= 11 is 0. The van der Waals surface area contributed by atoms with E-state index in [1.807, 2.05) is 0 Å². The Morgan fingerprint density at radius 3 is 2.54 bits per heavy atom. The number of H-pyrrole nitrogens is 1. The van der Waals surface area contributed by atoms with E-state index >= 15 is 4.39 Å². The maximum Gasteiger partial charge on any atom is 0.481 e. The van der Waals surface area contributed by atoms with E-state index in [-0.39, 0.29) is 0 Å². The highest BCUT2D eigenvalue weighted by atomic mass is 31.3. The number of ether oxygens (including phenoxy) is 1. The largest absolute Gasteiger partial charge is 0.481 e. The van der Waals surface area contributed by atoms with Crippen LogP contribution in [-0.2, 0) is 22.7 Å². The van der Waals surface area contributed by atoms with Crippen molar-refractivity contribution in [3.05, 3.63) is 33.1 Å². The summed E-state index contributed by atoms with van der Waals surface area (Å²) in [6.45, 7) is -4.15. The number of halogens is 1. The topological polar surface area (TPSA) is 218 Å². The standard InChI is InChI=1S/C9H13FN2O12P2/c10-9(3-22-26(20,21)24-25(17,18)19)6(15)5(14)7(23-9)12-2-1-4(13)11-8(12)16/h1-2,5-7,14-15H,3H2,(H,20,21)(H,11,13,16)(H2,17,18,19)/t5-,6+,7-,9-/m1/s1/i3D2. The Hall–Kier alpha value is -1.25. The number of aliphatic hydroxyl groups excluding tert-OH is 2. The van der Waals surface area contributed by atoms with Gasteiger partial charge in [-0.15, -0.1) is 0 Å². The lowest BCUT2D eigenvalue weighted by Gasteiger charge is -2.23. The third kappa shape index (κ3) is 4.72. The highest BCUT2D eigenvalue weighted by Gasteiger charge is 2.57. The van der Waals surface area contributed by atoms with Crippen LogP contribution >= 0.6 is 15.6 Å². The molecule has 17 heteroatoms. The minimum Gasteiger partial charge on any atom is -0.385 e. The average Bonchev–Trinajstić information content (AvgIpc) is 2.69. The zero-order valence-electron chi connectivity index (χ0n) is 14.2. The van der Waals surface area contributed by atoms with E-state index in [9.17, 15) is 33.8 Å². The fourth-order valence-corrected chi connectivity index (χ4v) is 3.34. The Balaban J connectivity index is 2.38. The SMILES string of the molecule is [2H]C([2H])(OP(=O)(O)OP(=O)(O)O)[C@@]1(F)O[C@@H](n2ccc(=O)[nH]c2=O)[C@H](O)[C@@H]1O. The second-order valence-electron chi connectivity index (χ2n) is 4.84. The number of rotatable bonds is 6. The molecule has 0 bridgehead atoms. The van der Waals surface area contributed by atoms with Crippen LogP contribution in [0.4, 0.5) is 4.39 Å². The van der Waals surface area contributed by atoms with Gasteiger partial charge >= 0.3 is 21.3 Å². The molecule has 0 aliphatic carbocycles. The lowest BCUT2D eigenvalue weighted by molar-refractivity contribution is -0.204. The van der Waals surface area contributed by atoms with E-state index in [0.717, 1.165) is 12.3 Å². The third-order valence-electron chi connectivity index (χ3n) is 2.92. The van der Waals surface area contributed by atoms with Gasteiger partial charge in [-0.1, -0.05) is 0 Å². The van der Waals surface area contributed by atoms with Gasteiger partial charge in [0.25, 0.3) is 11.4 Å². The molecule has 0 spiro atoms. The predicted molar refractivity (Wildman–Crippen MR) is 76.2 cm³/mol. The number of aromatic nitrogens is 2. The van der Waals surface area contributed by atoms with Gasteiger partial charge in [0.05, 0.1) is 2.74 Å². The Labute approximate surface area is 145 Å². The van der Waals surface area contributed by atoms with Crippen molar-refractivity contribution in [2.24, 2.45) is 0 Å². The number of phosphoric acid groups is 2. The number of nitrogens with zero attached hydrogens (tertiary/aromatic N) is 1. The van der Waals surface area contributed by atoms with E-state index < -0.39 is 57.7 Å². The van der Waals surface area contributed by atoms with Crippen molar-refractivity contribution in [1.29, 1.82) is 0 Å². The van der Waals surface area contributed by atoms with E-state index in [1.54, 1.807) is 4.98 Å². The molecule has 1 aromatic rings. The zero-order chi connectivity index (χ0) is 21.7. The normalized spacial score (nSPS) is 33.4. The lowest BCUT2D eigenvalue weighted by atomic mass is 10.1. The average molecular weight is 424 g/mol. The van der Waals surface area contributed by atoms with Gasteiger partial charge in [0.2, 0.25) is 0 Å². The molecule has 1 aromatic heterocycles. The summed E-state index contributed by atoms with van der Waals surface area (Å²) in [7, 11) is -11.6. The highest BCUT2D eigenvalue weighted by molar-refractivity contribution is 7.60. The Kier molecular flexibility index (Phi) is 4.92. The van der Waals surface area contributed by atoms with E-state index in [0.29, 0.717) is 4.57 Å². The molecule has 14 nitrogen and oxygen atoms in total. The van der Waals surface area contributed by atoms with Crippen molar-refractivity contribution >= 4 is 15.6 Å². The molecule has 5 atom stereocenters. The maximum absolute atomic E-state index is 15.0. The summed E-state index contributed by atoms with van der Waals surface area (Å²) < 4.78 is 63.9. The first-order valence-corrected chi connectivity index (χ1v) is 9.36. The Morgan fingerprint density at radius 1 is 1.38 bits per heavy atom. The molecular formula is C9H13FN2O12P2. The van der Waals surface area contributed by atoms with Gasteiger partial charge in [-0.3, -0.25) is 18.9 Å². The van der Waals surface area contributed by atoms with Gasteiger partial charge in [0, 0.05) is 12.3 Å². The molecule has 1 aliphatic rings. The van der Waals surface area contributed by atoms with Gasteiger partial charge in [-0.2, -0.15) is 4.31 Å². The maximum atomic E-state index is 15.0. The predicted octanol–water partition coefficient (Wildman–Crippen LogP) is -2.32. The monoisotopic (exact) mass is 424 g/mol. The van der Waals surface area contributed by atoms with Crippen LogP contribution in [0.3, 0.4) is 0 Å². The number of alkyl halides is 1. The third-order valence-corrected chi connectivity index (χ3v) is 4.92. The summed E-state index contributed by atoms with van der Waals surface area (Å²) in [6, 6.07) is 0.753. The van der Waals surface area contributed by atoms with Crippen LogP contribution in [0.1, 0.15) is 8.97 Å². The fraction of sp³-hybridized carbons (Fsp3) is 0.556. The Bertz CT molecular complexity index is 963. The number of hydrogen-bond acceptors (Lipinski definition) is 9. The number of aromatic amines is 1. The van der Waals surface area contributed by atoms with Crippen LogP contribution in [0.5, 0.6) is 0 Å². The van der Waals surface area contributed by atoms with Crippen LogP contribution in [0, 0.1) is 0 Å². The van der Waals surface area contributed by atoms with Crippen LogP contribution in [0.25, 0.3) is 0 Å². The summed E-state index contributed by atoms with van der Waals surface area (Å²) in [5.74, 6) is -4.14. The van der Waals surface area contributed by atoms with Crippen molar-refractivity contribution in [3.8, 4) is 0 Å². The molecule has 1 saturated heterocycles. The van der Waals surface area contributed by atoms with E-state index in [4.69, 9.17) is 12.5 Å². The minimum atomic E-state index is -5.95. The van der Waals surface area contributed by atoms with Crippen LogP contribution in [0.2, 0.25) is 0 Å². The number of phosphoric ester groups is 1. The second-order valence-corrected chi connectivity index (χ2v) is 7.59. The fourth-order valence-electron chi connectivity index (χ4n) is 1.90. The molecule has 0 saturated carbocycles. The molecule has 2 rings (SSSR count). The van der Waals surface area contributed by atoms with Gasteiger partial charge in [-0.25, -0.2) is 18.3 Å². The van der Waals surface area contributed by atoms with Crippen molar-refractivity contribution in [1.82, 2.24) is 9.55 Å². The number of aliphatic hydroxyl groups is 2. The van der Waals surface area contributed by atoms with Gasteiger partial charge in [-0.05, 0) is 0 Å². The smallest absolute Gasteiger partial charge is 0.385 e. The summed E-state index contributed by atoms with van der Waals surface area (Å²) in [5, 5.41) is 19.7. The molecule has 1 aliphatic heterocycles. The molecule has 1 unspecified atom stereocenters. The molecule has 26 heavy (non-hydrogen) atoms. The molecule has 6 N–H and O–H groups in total. The number of hydrogen-bond donors (Lipinski definition) is 6. The van der Waals surface area contributed by atoms with Crippen molar-refractivity contribution in [3.63, 3.8) is 0 Å². The van der Waals surface area contributed by atoms with Crippen LogP contribution in [-0.4, -0.2) is 59.1 Å². The summed E-state index contributed by atoms with van der Waals surface area (Å²) in [5.41, 5.74) is -2.12. The minimum absolute atomic E-state index is 0.372. The molecule has 0 aromatic carbocycles. The summed E-state index contributed by atoms with van der Waals surface area (Å²) in [6.07, 6.45) is -6.60. The van der Waals surface area contributed by atoms with E-state index in [2.05, 4.69) is 13.6 Å². The molecule has 1 fully saturated rings. The molecule has 2 heterocycles. The number of nitrogens with one attached hydrogen (secondary N) is 1. The Morgan fingerprint density at radius 2 is 2.00 bits per heavy atom.